The van der Waals surface area contributed by atoms with Crippen molar-refractivity contribution in [1.82, 2.24) is 9.97 Å². The molecule has 0 saturated carbocycles. The van der Waals surface area contributed by atoms with E-state index in [-0.39, 0.29) is 0 Å². The predicted octanol–water partition coefficient (Wildman–Crippen LogP) is 16.1. The van der Waals surface area contributed by atoms with E-state index in [1.807, 2.05) is 12.1 Å². The molecule has 3 aliphatic rings. The maximum Gasteiger partial charge on any atom is 0.160 e. The van der Waals surface area contributed by atoms with Crippen molar-refractivity contribution in [3.05, 3.63) is 311 Å². The lowest BCUT2D eigenvalue weighted by atomic mass is 9.49. The second-order valence-electron chi connectivity index (χ2n) is 18.4. The average Bonchev–Trinajstić information content (AvgIpc) is 3.45. The Balaban J connectivity index is 0.973. The highest BCUT2D eigenvalue weighted by Crippen LogP contribution is 2.67. The van der Waals surface area contributed by atoms with Crippen molar-refractivity contribution in [2.75, 3.05) is 9.80 Å². The molecule has 0 amide bonds. The van der Waals surface area contributed by atoms with E-state index in [1.165, 1.54) is 55.9 Å². The minimum Gasteiger partial charge on any atom is -0.310 e. The number of anilines is 6. The van der Waals surface area contributed by atoms with Gasteiger partial charge in [0.15, 0.2) is 5.82 Å². The molecule has 0 N–H and O–H groups in total. The molecule has 1 aromatic heterocycles. The number of aromatic nitrogens is 2. The number of hydrogen-bond donors (Lipinski definition) is 0. The van der Waals surface area contributed by atoms with E-state index >= 15 is 0 Å². The van der Waals surface area contributed by atoms with Gasteiger partial charge < -0.3 is 9.80 Å². The van der Waals surface area contributed by atoms with Crippen LogP contribution in [0.3, 0.4) is 0 Å². The lowest BCUT2D eigenvalue weighted by Crippen LogP contribution is -2.49. The standard InChI is InChI=1S/C66H44N4/c1-4-22-45(23-5-1)58-44-59(46-24-6-2-7-25-46)68-64(67-58)47-40-42-49(43-41-47)70-62-38-20-16-34-56(62)66(57-35-17-21-39-63(57)70)52-30-12-10-28-50(52)65(51-29-11-13-31-53(51)66)54-32-14-18-36-60(54)69(48-26-8-3-9-27-48)61-37-19-15-33-55(61)65/h1-44H. The van der Waals surface area contributed by atoms with Crippen LogP contribution in [0, 0.1) is 0 Å². The SMILES string of the molecule is c1ccc(-c2cc(-c3ccccc3)nc(-c3ccc(N4c5ccccc5C5(c6ccccc64)c4ccccc4C4(c6ccccc6N(c6ccccc6)c6ccccc64)c4ccccc45)cc3)n2)cc1. The summed E-state index contributed by atoms with van der Waals surface area (Å²) in [6.07, 6.45) is 0. The molecule has 0 bridgehead atoms. The molecule has 10 aromatic carbocycles. The summed E-state index contributed by atoms with van der Waals surface area (Å²) < 4.78 is 0. The van der Waals surface area contributed by atoms with Gasteiger partial charge in [0.1, 0.15) is 0 Å². The van der Waals surface area contributed by atoms with Crippen LogP contribution in [0.15, 0.2) is 267 Å². The first-order valence-electron chi connectivity index (χ1n) is 24.1. The molecular weight excluding hydrogens is 849 g/mol. The molecule has 14 rings (SSSR count). The molecule has 3 heterocycles. The molecule has 0 fully saturated rings. The Hall–Kier alpha value is -9.12. The second kappa shape index (κ2) is 15.7. The topological polar surface area (TPSA) is 32.3 Å². The molecule has 0 saturated heterocycles. The van der Waals surface area contributed by atoms with Gasteiger partial charge in [-0.15, -0.1) is 0 Å². The summed E-state index contributed by atoms with van der Waals surface area (Å²) in [6.45, 7) is 0. The molecular formula is C66H44N4. The first kappa shape index (κ1) is 40.0. The normalized spacial score (nSPS) is 14.2. The number of fused-ring (bicyclic) bond motifs is 14. The van der Waals surface area contributed by atoms with Crippen molar-refractivity contribution in [2.45, 2.75) is 10.8 Å². The number of para-hydroxylation sites is 5. The predicted molar refractivity (Wildman–Crippen MR) is 285 cm³/mol. The highest BCUT2D eigenvalue weighted by molar-refractivity contribution is 5.95. The summed E-state index contributed by atoms with van der Waals surface area (Å²) in [5.41, 5.74) is 20.5. The van der Waals surface area contributed by atoms with Crippen LogP contribution in [0.4, 0.5) is 34.1 Å². The highest BCUT2D eigenvalue weighted by Gasteiger charge is 2.58. The quantitative estimate of drug-likeness (QED) is 0.172. The number of rotatable bonds is 5. The molecule has 0 unspecified atom stereocenters. The number of benzene rings is 10. The second-order valence-corrected chi connectivity index (χ2v) is 18.4. The van der Waals surface area contributed by atoms with Gasteiger partial charge in [0, 0.05) is 28.1 Å². The maximum atomic E-state index is 5.17. The van der Waals surface area contributed by atoms with Gasteiger partial charge >= 0.3 is 0 Å². The summed E-state index contributed by atoms with van der Waals surface area (Å²) in [4.78, 5) is 15.2. The van der Waals surface area contributed by atoms with Crippen LogP contribution in [0.5, 0.6) is 0 Å². The molecule has 1 aliphatic carbocycles. The maximum absolute atomic E-state index is 5.17. The van der Waals surface area contributed by atoms with E-state index in [0.717, 1.165) is 50.8 Å². The zero-order valence-corrected chi connectivity index (χ0v) is 38.2. The van der Waals surface area contributed by atoms with Gasteiger partial charge in [-0.05, 0) is 111 Å². The van der Waals surface area contributed by atoms with E-state index in [2.05, 4.69) is 265 Å². The molecule has 0 radical (unpaired) electrons. The van der Waals surface area contributed by atoms with Gasteiger partial charge in [-0.25, -0.2) is 9.97 Å². The minimum absolute atomic E-state index is 0.631. The van der Waals surface area contributed by atoms with Crippen molar-refractivity contribution in [2.24, 2.45) is 0 Å². The first-order chi connectivity index (χ1) is 34.7. The van der Waals surface area contributed by atoms with E-state index in [4.69, 9.17) is 9.97 Å². The van der Waals surface area contributed by atoms with E-state index in [1.54, 1.807) is 0 Å². The fraction of sp³-hybridized carbons (Fsp3) is 0.0303. The van der Waals surface area contributed by atoms with Crippen molar-refractivity contribution < 1.29 is 0 Å². The average molecular weight is 893 g/mol. The Kier molecular flexibility index (Phi) is 8.99. The Labute approximate surface area is 408 Å². The van der Waals surface area contributed by atoms with Crippen LogP contribution >= 0.6 is 0 Å². The van der Waals surface area contributed by atoms with Gasteiger partial charge in [0.2, 0.25) is 0 Å². The van der Waals surface area contributed by atoms with Crippen LogP contribution < -0.4 is 9.80 Å². The fourth-order valence-electron chi connectivity index (χ4n) is 12.2. The van der Waals surface area contributed by atoms with Crippen LogP contribution in [0.2, 0.25) is 0 Å². The summed E-state index contributed by atoms with van der Waals surface area (Å²) in [6, 6.07) is 97.4. The number of nitrogens with zero attached hydrogens (tertiary/aromatic N) is 4. The van der Waals surface area contributed by atoms with Crippen LogP contribution in [-0.4, -0.2) is 9.97 Å². The van der Waals surface area contributed by atoms with Gasteiger partial charge in [-0.1, -0.05) is 200 Å². The van der Waals surface area contributed by atoms with Crippen molar-refractivity contribution >= 4 is 34.1 Å². The lowest BCUT2D eigenvalue weighted by Gasteiger charge is -2.56. The minimum atomic E-state index is -0.665. The summed E-state index contributed by atoms with van der Waals surface area (Å²) in [5, 5.41) is 0. The van der Waals surface area contributed by atoms with Crippen LogP contribution in [0.1, 0.15) is 44.5 Å². The Morgan fingerprint density at radius 2 is 0.529 bits per heavy atom. The number of hydrogen-bond acceptors (Lipinski definition) is 4. The molecule has 70 heavy (non-hydrogen) atoms. The van der Waals surface area contributed by atoms with Crippen molar-refractivity contribution in [1.29, 1.82) is 0 Å². The van der Waals surface area contributed by atoms with Gasteiger partial charge in [0.05, 0.1) is 45.0 Å². The van der Waals surface area contributed by atoms with Crippen LogP contribution in [0.25, 0.3) is 33.9 Å². The monoisotopic (exact) mass is 892 g/mol. The third-order valence-corrected chi connectivity index (χ3v) is 14.9. The van der Waals surface area contributed by atoms with E-state index < -0.39 is 10.8 Å². The van der Waals surface area contributed by atoms with Gasteiger partial charge in [-0.2, -0.15) is 0 Å². The smallest absolute Gasteiger partial charge is 0.160 e. The van der Waals surface area contributed by atoms with Crippen molar-refractivity contribution in [3.63, 3.8) is 0 Å². The van der Waals surface area contributed by atoms with Gasteiger partial charge in [0.25, 0.3) is 0 Å². The molecule has 4 nitrogen and oxygen atoms in total. The largest absolute Gasteiger partial charge is 0.310 e. The molecule has 2 spiro atoms. The molecule has 11 aromatic rings. The lowest BCUT2D eigenvalue weighted by molar-refractivity contribution is 0.607. The summed E-state index contributed by atoms with van der Waals surface area (Å²) in [7, 11) is 0. The van der Waals surface area contributed by atoms with Crippen LogP contribution in [-0.2, 0) is 10.8 Å². The fourth-order valence-corrected chi connectivity index (χ4v) is 12.2. The zero-order chi connectivity index (χ0) is 46.2. The first-order valence-corrected chi connectivity index (χ1v) is 24.1. The van der Waals surface area contributed by atoms with Crippen molar-refractivity contribution in [3.8, 4) is 33.9 Å². The van der Waals surface area contributed by atoms with E-state index in [0.29, 0.717) is 5.82 Å². The molecule has 328 valence electrons. The Bertz CT molecular complexity index is 3590. The van der Waals surface area contributed by atoms with E-state index in [9.17, 15) is 0 Å². The Morgan fingerprint density at radius 3 is 0.886 bits per heavy atom. The summed E-state index contributed by atoms with van der Waals surface area (Å²) in [5.74, 6) is 0.687. The summed E-state index contributed by atoms with van der Waals surface area (Å²) >= 11 is 0. The highest BCUT2D eigenvalue weighted by atomic mass is 15.2. The Morgan fingerprint density at radius 1 is 0.243 bits per heavy atom. The molecule has 2 aliphatic heterocycles. The molecule has 0 atom stereocenters. The third kappa shape index (κ3) is 5.65. The third-order valence-electron chi connectivity index (χ3n) is 14.9. The molecule has 4 heteroatoms. The zero-order valence-electron chi connectivity index (χ0n) is 38.2. The van der Waals surface area contributed by atoms with Gasteiger partial charge in [-0.3, -0.25) is 0 Å².